The SMILES string of the molecule is CC(=O)c1cccc(Nc2nc(-c3ccc(Br)cc3)cs2)c1. The van der Waals surface area contributed by atoms with Crippen molar-refractivity contribution >= 4 is 43.9 Å². The molecule has 3 aromatic rings. The average molecular weight is 373 g/mol. The lowest BCUT2D eigenvalue weighted by atomic mass is 10.1. The molecule has 0 aliphatic rings. The number of rotatable bonds is 4. The van der Waals surface area contributed by atoms with Crippen LogP contribution < -0.4 is 5.32 Å². The third kappa shape index (κ3) is 3.43. The van der Waals surface area contributed by atoms with Gasteiger partial charge < -0.3 is 5.32 Å². The Hall–Kier alpha value is -1.98. The predicted molar refractivity (Wildman–Crippen MR) is 95.0 cm³/mol. The number of aromatic nitrogens is 1. The van der Waals surface area contributed by atoms with Gasteiger partial charge in [-0.25, -0.2) is 4.98 Å². The Morgan fingerprint density at radius 3 is 2.68 bits per heavy atom. The maximum atomic E-state index is 11.4. The predicted octanol–water partition coefficient (Wildman–Crippen LogP) is 5.52. The summed E-state index contributed by atoms with van der Waals surface area (Å²) < 4.78 is 1.05. The number of thiazole rings is 1. The molecule has 0 atom stereocenters. The molecular weight excluding hydrogens is 360 g/mol. The first-order chi connectivity index (χ1) is 10.6. The number of anilines is 2. The maximum Gasteiger partial charge on any atom is 0.187 e. The van der Waals surface area contributed by atoms with E-state index in [9.17, 15) is 4.79 Å². The van der Waals surface area contributed by atoms with Gasteiger partial charge in [0.15, 0.2) is 10.9 Å². The fourth-order valence-electron chi connectivity index (χ4n) is 2.02. The normalized spacial score (nSPS) is 10.5. The van der Waals surface area contributed by atoms with Gasteiger partial charge in [0.2, 0.25) is 0 Å². The summed E-state index contributed by atoms with van der Waals surface area (Å²) in [4.78, 5) is 16.0. The minimum Gasteiger partial charge on any atom is -0.332 e. The highest BCUT2D eigenvalue weighted by Gasteiger charge is 2.06. The van der Waals surface area contributed by atoms with Crippen molar-refractivity contribution in [2.24, 2.45) is 0 Å². The zero-order chi connectivity index (χ0) is 15.5. The van der Waals surface area contributed by atoms with Crippen molar-refractivity contribution in [3.63, 3.8) is 0 Å². The summed E-state index contributed by atoms with van der Waals surface area (Å²) in [6.45, 7) is 1.56. The fraction of sp³-hybridized carbons (Fsp3) is 0.0588. The number of Topliss-reactive ketones (excluding diaryl/α,β-unsaturated/α-hetero) is 1. The molecule has 110 valence electrons. The summed E-state index contributed by atoms with van der Waals surface area (Å²) in [6.07, 6.45) is 0. The molecule has 5 heteroatoms. The molecule has 0 saturated heterocycles. The Kier molecular flexibility index (Phi) is 4.36. The number of hydrogen-bond acceptors (Lipinski definition) is 4. The van der Waals surface area contributed by atoms with E-state index in [0.29, 0.717) is 5.56 Å². The topological polar surface area (TPSA) is 42.0 Å². The van der Waals surface area contributed by atoms with Crippen LogP contribution in [0.3, 0.4) is 0 Å². The van der Waals surface area contributed by atoms with Gasteiger partial charge in [0.1, 0.15) is 0 Å². The molecule has 0 fully saturated rings. The highest BCUT2D eigenvalue weighted by Crippen LogP contribution is 2.28. The fourth-order valence-corrected chi connectivity index (χ4v) is 3.03. The van der Waals surface area contributed by atoms with Crippen LogP contribution in [0.4, 0.5) is 10.8 Å². The maximum absolute atomic E-state index is 11.4. The van der Waals surface area contributed by atoms with Gasteiger partial charge in [0.05, 0.1) is 5.69 Å². The van der Waals surface area contributed by atoms with E-state index >= 15 is 0 Å². The summed E-state index contributed by atoms with van der Waals surface area (Å²) in [5.41, 5.74) is 3.56. The lowest BCUT2D eigenvalue weighted by Gasteiger charge is -2.04. The molecule has 0 saturated carbocycles. The Bertz CT molecular complexity index is 812. The second-order valence-corrected chi connectivity index (χ2v) is 6.58. The molecule has 22 heavy (non-hydrogen) atoms. The van der Waals surface area contributed by atoms with Crippen molar-refractivity contribution in [3.05, 3.63) is 63.9 Å². The second kappa shape index (κ2) is 6.42. The minimum atomic E-state index is 0.0540. The summed E-state index contributed by atoms with van der Waals surface area (Å²) in [7, 11) is 0. The largest absolute Gasteiger partial charge is 0.332 e. The molecule has 0 radical (unpaired) electrons. The van der Waals surface area contributed by atoms with Crippen LogP contribution in [0.25, 0.3) is 11.3 Å². The van der Waals surface area contributed by atoms with Gasteiger partial charge in [-0.05, 0) is 31.2 Å². The molecule has 2 aromatic carbocycles. The van der Waals surface area contributed by atoms with Crippen LogP contribution in [0.5, 0.6) is 0 Å². The zero-order valence-electron chi connectivity index (χ0n) is 11.8. The van der Waals surface area contributed by atoms with Crippen LogP contribution in [-0.2, 0) is 0 Å². The Morgan fingerprint density at radius 1 is 1.18 bits per heavy atom. The number of carbonyl (C=O) groups excluding carboxylic acids is 1. The molecule has 0 unspecified atom stereocenters. The average Bonchev–Trinajstić information content (AvgIpc) is 2.96. The first kappa shape index (κ1) is 14.9. The van der Waals surface area contributed by atoms with Gasteiger partial charge in [-0.3, -0.25) is 4.79 Å². The van der Waals surface area contributed by atoms with Crippen LogP contribution >= 0.6 is 27.3 Å². The minimum absolute atomic E-state index is 0.0540. The molecule has 0 amide bonds. The van der Waals surface area contributed by atoms with Crippen LogP contribution in [-0.4, -0.2) is 10.8 Å². The lowest BCUT2D eigenvalue weighted by molar-refractivity contribution is 0.101. The summed E-state index contributed by atoms with van der Waals surface area (Å²) in [5, 5.41) is 6.07. The van der Waals surface area contributed by atoms with Crippen molar-refractivity contribution in [1.82, 2.24) is 4.98 Å². The highest BCUT2D eigenvalue weighted by molar-refractivity contribution is 9.10. The molecule has 0 aliphatic carbocycles. The van der Waals surface area contributed by atoms with E-state index in [-0.39, 0.29) is 5.78 Å². The van der Waals surface area contributed by atoms with E-state index in [4.69, 9.17) is 0 Å². The molecular formula is C17H13BrN2OS. The third-order valence-electron chi connectivity index (χ3n) is 3.16. The quantitative estimate of drug-likeness (QED) is 0.613. The van der Waals surface area contributed by atoms with E-state index in [0.717, 1.165) is 26.5 Å². The van der Waals surface area contributed by atoms with Gasteiger partial charge >= 0.3 is 0 Å². The first-order valence-corrected chi connectivity index (χ1v) is 8.38. The Labute approximate surface area is 141 Å². The third-order valence-corrected chi connectivity index (χ3v) is 4.45. The number of nitrogens with one attached hydrogen (secondary N) is 1. The molecule has 1 heterocycles. The first-order valence-electron chi connectivity index (χ1n) is 6.71. The number of hydrogen-bond donors (Lipinski definition) is 1. The summed E-state index contributed by atoms with van der Waals surface area (Å²) in [6, 6.07) is 15.5. The number of benzene rings is 2. The van der Waals surface area contributed by atoms with Crippen LogP contribution in [0.1, 0.15) is 17.3 Å². The molecule has 3 nitrogen and oxygen atoms in total. The molecule has 1 aromatic heterocycles. The van der Waals surface area contributed by atoms with Gasteiger partial charge in [-0.1, -0.05) is 40.2 Å². The summed E-state index contributed by atoms with van der Waals surface area (Å²) in [5.74, 6) is 0.0540. The Balaban J connectivity index is 1.81. The standard InChI is InChI=1S/C17H13BrN2OS/c1-11(21)13-3-2-4-15(9-13)19-17-20-16(10-22-17)12-5-7-14(18)8-6-12/h2-10H,1H3,(H,19,20). The van der Waals surface area contributed by atoms with E-state index in [2.05, 4.69) is 26.2 Å². The molecule has 1 N–H and O–H groups in total. The van der Waals surface area contributed by atoms with Crippen LogP contribution in [0.15, 0.2) is 58.4 Å². The second-order valence-electron chi connectivity index (χ2n) is 4.81. The van der Waals surface area contributed by atoms with Crippen molar-refractivity contribution < 1.29 is 4.79 Å². The van der Waals surface area contributed by atoms with Crippen molar-refractivity contribution in [3.8, 4) is 11.3 Å². The molecule has 0 bridgehead atoms. The van der Waals surface area contributed by atoms with E-state index in [1.807, 2.05) is 53.9 Å². The number of nitrogens with zero attached hydrogens (tertiary/aromatic N) is 1. The van der Waals surface area contributed by atoms with Crippen molar-refractivity contribution in [1.29, 1.82) is 0 Å². The molecule has 0 spiro atoms. The van der Waals surface area contributed by atoms with Gasteiger partial charge in [0.25, 0.3) is 0 Å². The Morgan fingerprint density at radius 2 is 1.95 bits per heavy atom. The number of carbonyl (C=O) groups is 1. The molecule has 3 rings (SSSR count). The van der Waals surface area contributed by atoms with Crippen LogP contribution in [0, 0.1) is 0 Å². The van der Waals surface area contributed by atoms with E-state index in [1.165, 1.54) is 11.3 Å². The monoisotopic (exact) mass is 372 g/mol. The zero-order valence-corrected chi connectivity index (χ0v) is 14.2. The van der Waals surface area contributed by atoms with Gasteiger partial charge in [0, 0.05) is 26.7 Å². The highest BCUT2D eigenvalue weighted by atomic mass is 79.9. The number of ketones is 1. The lowest BCUT2D eigenvalue weighted by Crippen LogP contribution is -1.95. The van der Waals surface area contributed by atoms with Gasteiger partial charge in [-0.2, -0.15) is 0 Å². The number of halogens is 1. The summed E-state index contributed by atoms with van der Waals surface area (Å²) >= 11 is 4.97. The van der Waals surface area contributed by atoms with E-state index in [1.54, 1.807) is 6.92 Å². The van der Waals surface area contributed by atoms with E-state index < -0.39 is 0 Å². The van der Waals surface area contributed by atoms with Gasteiger partial charge in [-0.15, -0.1) is 11.3 Å². The van der Waals surface area contributed by atoms with Crippen LogP contribution in [0.2, 0.25) is 0 Å². The smallest absolute Gasteiger partial charge is 0.187 e. The van der Waals surface area contributed by atoms with Crippen molar-refractivity contribution in [2.75, 3.05) is 5.32 Å². The van der Waals surface area contributed by atoms with Crippen molar-refractivity contribution in [2.45, 2.75) is 6.92 Å². The molecule has 0 aliphatic heterocycles.